The van der Waals surface area contributed by atoms with Gasteiger partial charge in [-0.05, 0) is 19.3 Å². The zero-order valence-corrected chi connectivity index (χ0v) is 14.2. The molecule has 1 fully saturated rings. The Labute approximate surface area is 150 Å². The number of carbonyl (C=O) groups excluding carboxylic acids is 1. The van der Waals surface area contributed by atoms with Crippen molar-refractivity contribution in [3.05, 3.63) is 29.8 Å². The van der Waals surface area contributed by atoms with Crippen molar-refractivity contribution in [3.8, 4) is 6.07 Å². The van der Waals surface area contributed by atoms with E-state index in [0.29, 0.717) is 17.3 Å². The van der Waals surface area contributed by atoms with Crippen LogP contribution in [0.4, 0.5) is 17.3 Å². The zero-order chi connectivity index (χ0) is 18.5. The van der Waals surface area contributed by atoms with Gasteiger partial charge >= 0.3 is 0 Å². The molecule has 1 saturated carbocycles. The number of rotatable bonds is 5. The van der Waals surface area contributed by atoms with Gasteiger partial charge in [0.25, 0.3) is 5.91 Å². The smallest absolute Gasteiger partial charge is 0.273 e. The van der Waals surface area contributed by atoms with E-state index in [9.17, 15) is 4.79 Å². The first kappa shape index (κ1) is 17.5. The normalized spacial score (nSPS) is 18.8. The third kappa shape index (κ3) is 4.01. The van der Waals surface area contributed by atoms with Crippen molar-refractivity contribution in [2.24, 2.45) is 5.73 Å². The first-order valence-electron chi connectivity index (χ1n) is 8.20. The Hall–Kier alpha value is -3.32. The van der Waals surface area contributed by atoms with Crippen LogP contribution >= 0.6 is 0 Å². The molecule has 2 aromatic heterocycles. The Bertz CT molecular complexity index is 831. The van der Waals surface area contributed by atoms with Gasteiger partial charge in [-0.1, -0.05) is 0 Å². The van der Waals surface area contributed by atoms with Gasteiger partial charge in [0.15, 0.2) is 17.2 Å². The van der Waals surface area contributed by atoms with Crippen LogP contribution in [-0.2, 0) is 0 Å². The van der Waals surface area contributed by atoms with Crippen LogP contribution in [0, 0.1) is 11.3 Å². The molecule has 2 atom stereocenters. The molecule has 134 valence electrons. The summed E-state index contributed by atoms with van der Waals surface area (Å²) < 4.78 is 0. The highest BCUT2D eigenvalue weighted by molar-refractivity contribution is 5.97. The van der Waals surface area contributed by atoms with E-state index >= 15 is 0 Å². The van der Waals surface area contributed by atoms with Gasteiger partial charge in [-0.15, -0.1) is 10.2 Å². The van der Waals surface area contributed by atoms with Crippen molar-refractivity contribution >= 4 is 23.2 Å². The SMILES string of the molecule is CNC(=O)c1nnc(Nc2cnc(C#N)cn2)cc1N[C@@H]1CC[C@@H](N)C1. The molecule has 1 aliphatic carbocycles. The van der Waals surface area contributed by atoms with E-state index in [1.165, 1.54) is 19.4 Å². The summed E-state index contributed by atoms with van der Waals surface area (Å²) in [6, 6.07) is 3.94. The minimum Gasteiger partial charge on any atom is -0.380 e. The van der Waals surface area contributed by atoms with E-state index < -0.39 is 0 Å². The van der Waals surface area contributed by atoms with E-state index in [1.807, 2.05) is 6.07 Å². The minimum absolute atomic E-state index is 0.164. The molecule has 1 aliphatic rings. The maximum absolute atomic E-state index is 12.1. The summed E-state index contributed by atoms with van der Waals surface area (Å²) in [6.07, 6.45) is 5.49. The number of hydrogen-bond acceptors (Lipinski definition) is 9. The Morgan fingerprint density at radius 2 is 2.12 bits per heavy atom. The molecule has 3 rings (SSSR count). The van der Waals surface area contributed by atoms with E-state index in [2.05, 4.69) is 36.1 Å². The molecule has 0 aromatic carbocycles. The number of nitrogens with zero attached hydrogens (tertiary/aromatic N) is 5. The van der Waals surface area contributed by atoms with Crippen molar-refractivity contribution in [3.63, 3.8) is 0 Å². The summed E-state index contributed by atoms with van der Waals surface area (Å²) in [5.74, 6) is 0.494. The van der Waals surface area contributed by atoms with Crippen molar-refractivity contribution in [2.45, 2.75) is 31.3 Å². The molecule has 26 heavy (non-hydrogen) atoms. The van der Waals surface area contributed by atoms with E-state index in [1.54, 1.807) is 6.07 Å². The Morgan fingerprint density at radius 3 is 2.73 bits per heavy atom. The summed E-state index contributed by atoms with van der Waals surface area (Å²) in [5.41, 5.74) is 6.96. The van der Waals surface area contributed by atoms with Crippen LogP contribution in [0.3, 0.4) is 0 Å². The van der Waals surface area contributed by atoms with Gasteiger partial charge in [-0.2, -0.15) is 5.26 Å². The van der Waals surface area contributed by atoms with Gasteiger partial charge in [0, 0.05) is 25.2 Å². The largest absolute Gasteiger partial charge is 0.380 e. The van der Waals surface area contributed by atoms with Gasteiger partial charge in [0.2, 0.25) is 0 Å². The molecule has 5 N–H and O–H groups in total. The Balaban J connectivity index is 1.83. The average molecular weight is 353 g/mol. The molecule has 0 saturated heterocycles. The van der Waals surface area contributed by atoms with Crippen molar-refractivity contribution in [1.82, 2.24) is 25.5 Å². The lowest BCUT2D eigenvalue weighted by Gasteiger charge is -2.17. The molecule has 2 heterocycles. The van der Waals surface area contributed by atoms with Crippen molar-refractivity contribution < 1.29 is 4.79 Å². The number of nitrogens with two attached hydrogens (primary N) is 1. The monoisotopic (exact) mass is 353 g/mol. The topological polar surface area (TPSA) is 155 Å². The minimum atomic E-state index is -0.327. The number of hydrogen-bond donors (Lipinski definition) is 4. The van der Waals surface area contributed by atoms with E-state index in [0.717, 1.165) is 19.3 Å². The fourth-order valence-electron chi connectivity index (χ4n) is 2.80. The van der Waals surface area contributed by atoms with Crippen LogP contribution in [-0.4, -0.2) is 45.2 Å². The van der Waals surface area contributed by atoms with Crippen LogP contribution in [0.2, 0.25) is 0 Å². The highest BCUT2D eigenvalue weighted by atomic mass is 16.1. The maximum Gasteiger partial charge on any atom is 0.273 e. The molecule has 0 spiro atoms. The van der Waals surface area contributed by atoms with Gasteiger partial charge in [0.1, 0.15) is 11.9 Å². The van der Waals surface area contributed by atoms with Crippen molar-refractivity contribution in [1.29, 1.82) is 5.26 Å². The van der Waals surface area contributed by atoms with E-state index in [-0.39, 0.29) is 29.4 Å². The van der Waals surface area contributed by atoms with Gasteiger partial charge in [-0.3, -0.25) is 4.79 Å². The fraction of sp³-hybridized carbons (Fsp3) is 0.375. The van der Waals surface area contributed by atoms with Crippen LogP contribution in [0.1, 0.15) is 35.4 Å². The molecule has 1 amide bonds. The average Bonchev–Trinajstić information content (AvgIpc) is 3.07. The molecular weight excluding hydrogens is 334 g/mol. The van der Waals surface area contributed by atoms with Gasteiger partial charge in [-0.25, -0.2) is 9.97 Å². The van der Waals surface area contributed by atoms with Crippen LogP contribution in [0.15, 0.2) is 18.5 Å². The summed E-state index contributed by atoms with van der Waals surface area (Å²) in [7, 11) is 1.54. The molecule has 0 aliphatic heterocycles. The zero-order valence-electron chi connectivity index (χ0n) is 14.2. The summed E-state index contributed by atoms with van der Waals surface area (Å²) >= 11 is 0. The summed E-state index contributed by atoms with van der Waals surface area (Å²) in [4.78, 5) is 20.1. The number of carbonyl (C=O) groups is 1. The highest BCUT2D eigenvalue weighted by Gasteiger charge is 2.24. The molecule has 2 aromatic rings. The molecule has 0 unspecified atom stereocenters. The Morgan fingerprint density at radius 1 is 1.27 bits per heavy atom. The highest BCUT2D eigenvalue weighted by Crippen LogP contribution is 2.25. The van der Waals surface area contributed by atoms with E-state index in [4.69, 9.17) is 11.0 Å². The second kappa shape index (κ2) is 7.71. The third-order valence-corrected chi connectivity index (χ3v) is 4.09. The van der Waals surface area contributed by atoms with Crippen LogP contribution in [0.5, 0.6) is 0 Å². The summed E-state index contributed by atoms with van der Waals surface area (Å²) in [5, 5.41) is 25.7. The number of aromatic nitrogens is 4. The second-order valence-electron chi connectivity index (χ2n) is 6.01. The lowest BCUT2D eigenvalue weighted by Crippen LogP contribution is -2.25. The lowest BCUT2D eigenvalue weighted by atomic mass is 10.2. The predicted octanol–water partition coefficient (Wildman–Crippen LogP) is 0.533. The molecule has 0 bridgehead atoms. The first-order valence-corrected chi connectivity index (χ1v) is 8.20. The number of amides is 1. The molecule has 10 heteroatoms. The number of nitriles is 1. The number of anilines is 3. The molecular formula is C16H19N9O. The quantitative estimate of drug-likeness (QED) is 0.602. The third-order valence-electron chi connectivity index (χ3n) is 4.09. The van der Waals surface area contributed by atoms with Gasteiger partial charge < -0.3 is 21.7 Å². The lowest BCUT2D eigenvalue weighted by molar-refractivity contribution is 0.0958. The predicted molar refractivity (Wildman–Crippen MR) is 94.7 cm³/mol. The standard InChI is InChI=1S/C16H19N9O/c1-19-16(26)15-12(22-10-3-2-9(18)4-10)5-13(24-25-15)23-14-8-20-11(6-17)7-21-14/h5,7-10H,2-4,18H2,1H3,(H,19,26)(H2,21,22,23,24)/t9-,10-/m1/s1. The van der Waals surface area contributed by atoms with Crippen LogP contribution in [0.25, 0.3) is 0 Å². The Kier molecular flexibility index (Phi) is 5.19. The first-order chi connectivity index (χ1) is 12.6. The number of nitrogens with one attached hydrogen (secondary N) is 3. The van der Waals surface area contributed by atoms with Crippen LogP contribution < -0.4 is 21.7 Å². The second-order valence-corrected chi connectivity index (χ2v) is 6.01. The summed E-state index contributed by atoms with van der Waals surface area (Å²) in [6.45, 7) is 0. The van der Waals surface area contributed by atoms with Crippen molar-refractivity contribution in [2.75, 3.05) is 17.7 Å². The maximum atomic E-state index is 12.1. The molecule has 10 nitrogen and oxygen atoms in total. The molecule has 0 radical (unpaired) electrons. The van der Waals surface area contributed by atoms with Gasteiger partial charge in [0.05, 0.1) is 18.1 Å². The fourth-order valence-corrected chi connectivity index (χ4v) is 2.80.